The van der Waals surface area contributed by atoms with E-state index in [1.54, 1.807) is 12.4 Å². The van der Waals surface area contributed by atoms with Crippen molar-refractivity contribution in [2.24, 2.45) is 0 Å². The van der Waals surface area contributed by atoms with Gasteiger partial charge < -0.3 is 0 Å². The summed E-state index contributed by atoms with van der Waals surface area (Å²) in [6, 6.07) is 3.82. The molecule has 2 rings (SSSR count). The first kappa shape index (κ1) is 16.7. The molecule has 2 amide bonds. The Hall–Kier alpha value is -1.71. The minimum absolute atomic E-state index is 0.0142. The van der Waals surface area contributed by atoms with Crippen LogP contribution in [0.15, 0.2) is 24.5 Å². The lowest BCUT2D eigenvalue weighted by Gasteiger charge is -2.40. The molecule has 0 spiro atoms. The molecule has 0 bridgehead atoms. The number of imide groups is 1. The summed E-state index contributed by atoms with van der Waals surface area (Å²) in [5.41, 5.74) is 0.433. The Morgan fingerprint density at radius 1 is 1.14 bits per heavy atom. The fourth-order valence-corrected chi connectivity index (χ4v) is 3.33. The van der Waals surface area contributed by atoms with Gasteiger partial charge in [0.25, 0.3) is 0 Å². The zero-order chi connectivity index (χ0) is 16.0. The normalized spacial score (nSPS) is 22.2. The summed E-state index contributed by atoms with van der Waals surface area (Å²) in [4.78, 5) is 30.8. The molecule has 4 nitrogen and oxygen atoms in total. The largest absolute Gasteiger partial charge is 0.282 e. The summed E-state index contributed by atoms with van der Waals surface area (Å²) < 4.78 is 0. The second kappa shape index (κ2) is 7.52. The predicted molar refractivity (Wildman–Crippen MR) is 86.3 cm³/mol. The van der Waals surface area contributed by atoms with E-state index in [0.717, 1.165) is 31.2 Å². The van der Waals surface area contributed by atoms with E-state index in [2.05, 4.69) is 11.9 Å². The molecular formula is C18H26N2O2. The fourth-order valence-electron chi connectivity index (χ4n) is 3.33. The maximum Gasteiger partial charge on any atom is 0.239 e. The van der Waals surface area contributed by atoms with Gasteiger partial charge in [-0.05, 0) is 37.0 Å². The van der Waals surface area contributed by atoms with Crippen LogP contribution >= 0.6 is 0 Å². The summed E-state index contributed by atoms with van der Waals surface area (Å²) >= 11 is 0. The number of carbonyl (C=O) groups excluding carboxylic acids is 2. The lowest BCUT2D eigenvalue weighted by Crippen LogP contribution is -2.54. The number of unbranched alkanes of at least 4 members (excludes halogenated alkanes) is 3. The molecule has 1 fully saturated rings. The summed E-state index contributed by atoms with van der Waals surface area (Å²) in [6.07, 6.45) is 9.51. The Kier molecular flexibility index (Phi) is 5.69. The highest BCUT2D eigenvalue weighted by atomic mass is 16.2. The van der Waals surface area contributed by atoms with Crippen LogP contribution in [0.4, 0.5) is 0 Å². The van der Waals surface area contributed by atoms with Crippen LogP contribution in [-0.4, -0.2) is 28.2 Å². The van der Waals surface area contributed by atoms with E-state index in [4.69, 9.17) is 0 Å². The average molecular weight is 302 g/mol. The second-order valence-corrected chi connectivity index (χ2v) is 6.08. The van der Waals surface area contributed by atoms with Gasteiger partial charge in [0.15, 0.2) is 0 Å². The molecule has 120 valence electrons. The van der Waals surface area contributed by atoms with Crippen molar-refractivity contribution in [1.29, 1.82) is 0 Å². The van der Waals surface area contributed by atoms with Crippen molar-refractivity contribution in [2.45, 2.75) is 64.2 Å². The quantitative estimate of drug-likeness (QED) is 0.572. The highest BCUT2D eigenvalue weighted by molar-refractivity contribution is 6.03. The summed E-state index contributed by atoms with van der Waals surface area (Å²) in [7, 11) is 0. The lowest BCUT2D eigenvalue weighted by atomic mass is 9.71. The number of nitrogens with zero attached hydrogens (tertiary/aromatic N) is 2. The van der Waals surface area contributed by atoms with Crippen LogP contribution in [0, 0.1) is 0 Å². The van der Waals surface area contributed by atoms with Crippen LogP contribution in [0.5, 0.6) is 0 Å². The molecule has 0 N–H and O–H groups in total. The third-order valence-corrected chi connectivity index (χ3v) is 4.79. The van der Waals surface area contributed by atoms with Crippen molar-refractivity contribution in [1.82, 2.24) is 9.88 Å². The Morgan fingerprint density at radius 3 is 2.50 bits per heavy atom. The Labute approximate surface area is 132 Å². The Balaban J connectivity index is 2.19. The molecule has 1 aromatic rings. The van der Waals surface area contributed by atoms with Crippen LogP contribution in [0.25, 0.3) is 0 Å². The van der Waals surface area contributed by atoms with E-state index in [-0.39, 0.29) is 11.8 Å². The van der Waals surface area contributed by atoms with Crippen molar-refractivity contribution in [3.8, 4) is 0 Å². The number of likely N-dealkylation sites (tertiary alicyclic amines) is 1. The molecule has 1 aromatic heterocycles. The number of carbonyl (C=O) groups is 2. The molecule has 0 aliphatic carbocycles. The third-order valence-electron chi connectivity index (χ3n) is 4.79. The van der Waals surface area contributed by atoms with Crippen molar-refractivity contribution < 1.29 is 9.59 Å². The minimum Gasteiger partial charge on any atom is -0.282 e. The minimum atomic E-state index is -0.554. The second-order valence-electron chi connectivity index (χ2n) is 6.08. The molecule has 0 unspecified atom stereocenters. The first-order valence-corrected chi connectivity index (χ1v) is 8.41. The van der Waals surface area contributed by atoms with Gasteiger partial charge in [-0.25, -0.2) is 0 Å². The highest BCUT2D eigenvalue weighted by Crippen LogP contribution is 2.38. The van der Waals surface area contributed by atoms with Crippen LogP contribution in [-0.2, 0) is 15.0 Å². The van der Waals surface area contributed by atoms with E-state index in [0.29, 0.717) is 25.8 Å². The van der Waals surface area contributed by atoms with Crippen molar-refractivity contribution >= 4 is 11.8 Å². The zero-order valence-corrected chi connectivity index (χ0v) is 13.7. The molecule has 22 heavy (non-hydrogen) atoms. The maximum atomic E-state index is 13.0. The predicted octanol–water partition coefficient (Wildman–Crippen LogP) is 3.46. The van der Waals surface area contributed by atoms with Crippen LogP contribution in [0.1, 0.15) is 64.4 Å². The van der Waals surface area contributed by atoms with Crippen molar-refractivity contribution in [3.63, 3.8) is 0 Å². The molecule has 1 saturated heterocycles. The number of pyridine rings is 1. The van der Waals surface area contributed by atoms with E-state index in [1.807, 2.05) is 19.1 Å². The average Bonchev–Trinajstić information content (AvgIpc) is 2.56. The molecule has 0 radical (unpaired) electrons. The van der Waals surface area contributed by atoms with Crippen LogP contribution in [0.3, 0.4) is 0 Å². The van der Waals surface area contributed by atoms with Gasteiger partial charge in [-0.1, -0.05) is 33.1 Å². The summed E-state index contributed by atoms with van der Waals surface area (Å²) in [5, 5.41) is 0. The Morgan fingerprint density at radius 2 is 1.86 bits per heavy atom. The molecule has 0 saturated carbocycles. The fraction of sp³-hybridized carbons (Fsp3) is 0.611. The van der Waals surface area contributed by atoms with Gasteiger partial charge in [0, 0.05) is 25.4 Å². The van der Waals surface area contributed by atoms with Crippen LogP contribution < -0.4 is 0 Å². The lowest BCUT2D eigenvalue weighted by molar-refractivity contribution is -0.153. The molecular weight excluding hydrogens is 276 g/mol. The standard InChI is InChI=1S/C18H26N2O2/c1-3-5-6-7-14-20-16(21)8-11-18(4-2,17(20)22)15-9-12-19-13-10-15/h9-10,12-13H,3-8,11,14H2,1-2H3/t18-/m1/s1. The molecule has 2 heterocycles. The molecule has 1 aliphatic rings. The number of rotatable bonds is 7. The SMILES string of the molecule is CCCCCCN1C(=O)CC[C@](CC)(c2ccncc2)C1=O. The summed E-state index contributed by atoms with van der Waals surface area (Å²) in [5.74, 6) is -0.0337. The molecule has 1 aliphatic heterocycles. The van der Waals surface area contributed by atoms with Gasteiger partial charge in [-0.15, -0.1) is 0 Å². The Bertz CT molecular complexity index is 515. The number of amides is 2. The summed E-state index contributed by atoms with van der Waals surface area (Å²) in [6.45, 7) is 4.75. The molecule has 1 atom stereocenters. The number of piperidine rings is 1. The number of hydrogen-bond acceptors (Lipinski definition) is 3. The van der Waals surface area contributed by atoms with E-state index >= 15 is 0 Å². The third kappa shape index (κ3) is 3.21. The maximum absolute atomic E-state index is 13.0. The first-order chi connectivity index (χ1) is 10.7. The molecule has 0 aromatic carbocycles. The highest BCUT2D eigenvalue weighted by Gasteiger charge is 2.46. The van der Waals surface area contributed by atoms with Gasteiger partial charge in [0.2, 0.25) is 11.8 Å². The van der Waals surface area contributed by atoms with Gasteiger partial charge in [0.05, 0.1) is 5.41 Å². The zero-order valence-electron chi connectivity index (χ0n) is 13.7. The first-order valence-electron chi connectivity index (χ1n) is 8.41. The topological polar surface area (TPSA) is 50.3 Å². The van der Waals surface area contributed by atoms with Gasteiger partial charge in [-0.3, -0.25) is 19.5 Å². The van der Waals surface area contributed by atoms with Crippen molar-refractivity contribution in [2.75, 3.05) is 6.54 Å². The smallest absolute Gasteiger partial charge is 0.239 e. The van der Waals surface area contributed by atoms with Gasteiger partial charge in [0.1, 0.15) is 0 Å². The van der Waals surface area contributed by atoms with Crippen molar-refractivity contribution in [3.05, 3.63) is 30.1 Å². The number of aromatic nitrogens is 1. The van der Waals surface area contributed by atoms with Gasteiger partial charge >= 0.3 is 0 Å². The number of hydrogen-bond donors (Lipinski definition) is 0. The molecule has 4 heteroatoms. The van der Waals surface area contributed by atoms with E-state index < -0.39 is 5.41 Å². The van der Waals surface area contributed by atoms with Crippen LogP contribution in [0.2, 0.25) is 0 Å². The van der Waals surface area contributed by atoms with E-state index in [1.165, 1.54) is 4.90 Å². The van der Waals surface area contributed by atoms with E-state index in [9.17, 15) is 9.59 Å². The van der Waals surface area contributed by atoms with Gasteiger partial charge in [-0.2, -0.15) is 0 Å². The monoisotopic (exact) mass is 302 g/mol.